The standard InChI is InChI=1S/C18H20N6O/c1-3-24-15(11-14(21-24)12-9-10-12)17(25)20-18-19-16(22-23(18)2)13-7-5-4-6-8-13/h4-8,11-12H,3,9-10H2,1-2H3,(H,19,20,22,25). The molecule has 1 saturated carbocycles. The van der Waals surface area contributed by atoms with Crippen LogP contribution in [0, 0.1) is 0 Å². The highest BCUT2D eigenvalue weighted by atomic mass is 16.2. The van der Waals surface area contributed by atoms with Crippen molar-refractivity contribution in [3.63, 3.8) is 0 Å². The normalized spacial score (nSPS) is 13.8. The third-order valence-electron chi connectivity index (χ3n) is 4.35. The maximum Gasteiger partial charge on any atom is 0.276 e. The summed E-state index contributed by atoms with van der Waals surface area (Å²) in [6.07, 6.45) is 2.32. The van der Waals surface area contributed by atoms with Crippen molar-refractivity contribution in [2.24, 2.45) is 7.05 Å². The molecule has 3 aromatic rings. The van der Waals surface area contributed by atoms with Crippen LogP contribution in [0.3, 0.4) is 0 Å². The second kappa shape index (κ2) is 6.16. The summed E-state index contributed by atoms with van der Waals surface area (Å²) >= 11 is 0. The van der Waals surface area contributed by atoms with Crippen molar-refractivity contribution in [1.82, 2.24) is 24.5 Å². The van der Waals surface area contributed by atoms with Crippen LogP contribution < -0.4 is 5.32 Å². The van der Waals surface area contributed by atoms with E-state index < -0.39 is 0 Å². The number of carbonyl (C=O) groups excluding carboxylic acids is 1. The number of hydrogen-bond donors (Lipinski definition) is 1. The number of aromatic nitrogens is 5. The third-order valence-corrected chi connectivity index (χ3v) is 4.35. The summed E-state index contributed by atoms with van der Waals surface area (Å²) in [5.74, 6) is 1.30. The van der Waals surface area contributed by atoms with E-state index in [-0.39, 0.29) is 5.91 Å². The number of carbonyl (C=O) groups is 1. The van der Waals surface area contributed by atoms with Gasteiger partial charge in [-0.2, -0.15) is 10.1 Å². The van der Waals surface area contributed by atoms with E-state index in [0.717, 1.165) is 24.1 Å². The molecule has 128 valence electrons. The van der Waals surface area contributed by atoms with Crippen LogP contribution >= 0.6 is 0 Å². The minimum Gasteiger partial charge on any atom is -0.289 e. The summed E-state index contributed by atoms with van der Waals surface area (Å²) in [5, 5.41) is 11.8. The van der Waals surface area contributed by atoms with Crippen molar-refractivity contribution < 1.29 is 4.79 Å². The fourth-order valence-corrected chi connectivity index (χ4v) is 2.81. The lowest BCUT2D eigenvalue weighted by molar-refractivity contribution is 0.101. The molecular weight excluding hydrogens is 316 g/mol. The molecule has 1 N–H and O–H groups in total. The molecule has 7 nitrogen and oxygen atoms in total. The molecule has 0 saturated heterocycles. The zero-order chi connectivity index (χ0) is 17.4. The van der Waals surface area contributed by atoms with Crippen LogP contribution in [-0.2, 0) is 13.6 Å². The average molecular weight is 336 g/mol. The molecule has 0 bridgehead atoms. The molecule has 7 heteroatoms. The lowest BCUT2D eigenvalue weighted by Crippen LogP contribution is -2.19. The van der Waals surface area contributed by atoms with Crippen molar-refractivity contribution in [1.29, 1.82) is 0 Å². The molecule has 2 heterocycles. The van der Waals surface area contributed by atoms with E-state index in [1.807, 2.05) is 43.3 Å². The van der Waals surface area contributed by atoms with E-state index >= 15 is 0 Å². The maximum absolute atomic E-state index is 12.7. The number of anilines is 1. The molecule has 1 amide bonds. The molecule has 2 aromatic heterocycles. The summed E-state index contributed by atoms with van der Waals surface area (Å²) in [6.45, 7) is 2.64. The minimum atomic E-state index is -0.212. The quantitative estimate of drug-likeness (QED) is 0.777. The van der Waals surface area contributed by atoms with Gasteiger partial charge in [-0.1, -0.05) is 30.3 Å². The Balaban J connectivity index is 1.58. The third kappa shape index (κ3) is 3.05. The Morgan fingerprint density at radius 2 is 2.00 bits per heavy atom. The summed E-state index contributed by atoms with van der Waals surface area (Å²) in [6, 6.07) is 11.6. The summed E-state index contributed by atoms with van der Waals surface area (Å²) in [5.41, 5.74) is 2.48. The summed E-state index contributed by atoms with van der Waals surface area (Å²) < 4.78 is 3.33. The molecule has 0 radical (unpaired) electrons. The van der Waals surface area contributed by atoms with Gasteiger partial charge in [-0.05, 0) is 25.8 Å². The average Bonchev–Trinajstić information content (AvgIpc) is 3.29. The second-order valence-corrected chi connectivity index (χ2v) is 6.25. The summed E-state index contributed by atoms with van der Waals surface area (Å²) in [4.78, 5) is 17.1. The number of aryl methyl sites for hydroxylation is 2. The largest absolute Gasteiger partial charge is 0.289 e. The van der Waals surface area contributed by atoms with E-state index in [4.69, 9.17) is 0 Å². The van der Waals surface area contributed by atoms with Crippen molar-refractivity contribution in [2.75, 3.05) is 5.32 Å². The van der Waals surface area contributed by atoms with Crippen LogP contribution in [0.25, 0.3) is 11.4 Å². The fourth-order valence-electron chi connectivity index (χ4n) is 2.81. The number of benzene rings is 1. The molecule has 1 aromatic carbocycles. The number of rotatable bonds is 5. The molecule has 1 aliphatic rings. The smallest absolute Gasteiger partial charge is 0.276 e. The molecule has 0 atom stereocenters. The van der Waals surface area contributed by atoms with Crippen LogP contribution in [0.4, 0.5) is 5.95 Å². The van der Waals surface area contributed by atoms with Gasteiger partial charge in [0.2, 0.25) is 5.95 Å². The van der Waals surface area contributed by atoms with Crippen molar-refractivity contribution in [2.45, 2.75) is 32.2 Å². The Labute approximate surface area is 145 Å². The van der Waals surface area contributed by atoms with Gasteiger partial charge in [0.25, 0.3) is 5.91 Å². The first-order chi connectivity index (χ1) is 12.2. The predicted molar refractivity (Wildman–Crippen MR) is 94.3 cm³/mol. The van der Waals surface area contributed by atoms with E-state index in [1.54, 1.807) is 16.4 Å². The molecule has 1 fully saturated rings. The highest BCUT2D eigenvalue weighted by molar-refractivity contribution is 6.02. The number of nitrogens with zero attached hydrogens (tertiary/aromatic N) is 5. The van der Waals surface area contributed by atoms with Crippen molar-refractivity contribution in [3.8, 4) is 11.4 Å². The van der Waals surface area contributed by atoms with Gasteiger partial charge in [0.1, 0.15) is 5.69 Å². The Morgan fingerprint density at radius 3 is 2.68 bits per heavy atom. The van der Waals surface area contributed by atoms with Gasteiger partial charge in [-0.25, -0.2) is 4.68 Å². The molecule has 0 aliphatic heterocycles. The van der Waals surface area contributed by atoms with E-state index in [2.05, 4.69) is 20.5 Å². The van der Waals surface area contributed by atoms with Crippen molar-refractivity contribution >= 4 is 11.9 Å². The zero-order valence-electron chi connectivity index (χ0n) is 14.3. The first kappa shape index (κ1) is 15.6. The zero-order valence-corrected chi connectivity index (χ0v) is 14.3. The molecular formula is C18H20N6O. The Morgan fingerprint density at radius 1 is 1.24 bits per heavy atom. The number of amides is 1. The summed E-state index contributed by atoms with van der Waals surface area (Å²) in [7, 11) is 1.77. The first-order valence-electron chi connectivity index (χ1n) is 8.51. The molecule has 0 spiro atoms. The van der Waals surface area contributed by atoms with E-state index in [9.17, 15) is 4.79 Å². The number of nitrogens with one attached hydrogen (secondary N) is 1. The van der Waals surface area contributed by atoms with Crippen LogP contribution in [0.2, 0.25) is 0 Å². The second-order valence-electron chi connectivity index (χ2n) is 6.25. The van der Waals surface area contributed by atoms with Gasteiger partial charge < -0.3 is 0 Å². The highest BCUT2D eigenvalue weighted by Crippen LogP contribution is 2.39. The SMILES string of the molecule is CCn1nc(C2CC2)cc1C(=O)Nc1nc(-c2ccccc2)nn1C. The first-order valence-corrected chi connectivity index (χ1v) is 8.51. The minimum absolute atomic E-state index is 0.212. The van der Waals surface area contributed by atoms with E-state index in [0.29, 0.717) is 29.9 Å². The fraction of sp³-hybridized carbons (Fsp3) is 0.333. The van der Waals surface area contributed by atoms with Gasteiger partial charge in [-0.15, -0.1) is 5.10 Å². The van der Waals surface area contributed by atoms with Gasteiger partial charge in [0, 0.05) is 25.1 Å². The van der Waals surface area contributed by atoms with Crippen molar-refractivity contribution in [3.05, 3.63) is 47.8 Å². The predicted octanol–water partition coefficient (Wildman–Crippen LogP) is 2.83. The Hall–Kier alpha value is -2.96. The molecule has 4 rings (SSSR count). The van der Waals surface area contributed by atoms with E-state index in [1.165, 1.54) is 0 Å². The van der Waals surface area contributed by atoms with Crippen LogP contribution in [-0.4, -0.2) is 30.5 Å². The molecule has 1 aliphatic carbocycles. The highest BCUT2D eigenvalue weighted by Gasteiger charge is 2.28. The lowest BCUT2D eigenvalue weighted by atomic mass is 10.2. The molecule has 0 unspecified atom stereocenters. The monoisotopic (exact) mass is 336 g/mol. The topological polar surface area (TPSA) is 77.6 Å². The molecule has 25 heavy (non-hydrogen) atoms. The Kier molecular flexibility index (Phi) is 3.83. The van der Waals surface area contributed by atoms with Crippen LogP contribution in [0.15, 0.2) is 36.4 Å². The lowest BCUT2D eigenvalue weighted by Gasteiger charge is -2.05. The van der Waals surface area contributed by atoms with Gasteiger partial charge >= 0.3 is 0 Å². The van der Waals surface area contributed by atoms with Crippen LogP contribution in [0.5, 0.6) is 0 Å². The van der Waals surface area contributed by atoms with Gasteiger partial charge in [0.15, 0.2) is 5.82 Å². The van der Waals surface area contributed by atoms with Gasteiger partial charge in [-0.3, -0.25) is 14.8 Å². The van der Waals surface area contributed by atoms with Crippen LogP contribution in [0.1, 0.15) is 41.9 Å². The van der Waals surface area contributed by atoms with Gasteiger partial charge in [0.05, 0.1) is 5.69 Å². The Bertz CT molecular complexity index is 907. The number of hydrogen-bond acceptors (Lipinski definition) is 4. The maximum atomic E-state index is 12.7.